The summed E-state index contributed by atoms with van der Waals surface area (Å²) in [5.74, 6) is 1.71. The van der Waals surface area contributed by atoms with Crippen LogP contribution in [0, 0.1) is 10.1 Å². The van der Waals surface area contributed by atoms with Gasteiger partial charge in [0.05, 0.1) is 17.7 Å². The quantitative estimate of drug-likeness (QED) is 0.453. The smallest absolute Gasteiger partial charge is 0.353 e. The first-order chi connectivity index (χ1) is 15.1. The van der Waals surface area contributed by atoms with Crippen LogP contribution in [-0.4, -0.2) is 53.2 Å². The Morgan fingerprint density at radius 2 is 1.87 bits per heavy atom. The largest absolute Gasteiger partial charge is 0.495 e. The lowest BCUT2D eigenvalue weighted by molar-refractivity contribution is -0.383. The predicted molar refractivity (Wildman–Crippen MR) is 119 cm³/mol. The van der Waals surface area contributed by atoms with Gasteiger partial charge < -0.3 is 19.9 Å². The summed E-state index contributed by atoms with van der Waals surface area (Å²) >= 11 is 6.08. The van der Waals surface area contributed by atoms with Crippen molar-refractivity contribution >= 4 is 40.4 Å². The molecule has 0 atom stereocenters. The van der Waals surface area contributed by atoms with Gasteiger partial charge in [-0.25, -0.2) is 15.0 Å². The molecule has 1 fully saturated rings. The van der Waals surface area contributed by atoms with E-state index in [4.69, 9.17) is 16.3 Å². The van der Waals surface area contributed by atoms with Crippen LogP contribution in [0.1, 0.15) is 0 Å². The van der Waals surface area contributed by atoms with E-state index < -0.39 is 4.92 Å². The number of pyridine rings is 1. The van der Waals surface area contributed by atoms with Crippen molar-refractivity contribution in [2.24, 2.45) is 0 Å². The second kappa shape index (κ2) is 9.00. The van der Waals surface area contributed by atoms with Gasteiger partial charge in [-0.1, -0.05) is 17.7 Å². The monoisotopic (exact) mass is 441 g/mol. The summed E-state index contributed by atoms with van der Waals surface area (Å²) in [6.45, 7) is 2.47. The van der Waals surface area contributed by atoms with Gasteiger partial charge >= 0.3 is 5.69 Å². The standard InChI is InChI=1S/C20H20ClN7O3/c1-31-16-6-5-14(21)12-15(16)25-19-18(28(29)30)20(24-13-23-19)27-10-8-26(9-11-27)17-4-2-3-7-22-17/h2-7,12-13H,8-11H2,1H3,(H,23,24,25). The summed E-state index contributed by atoms with van der Waals surface area (Å²) < 4.78 is 5.32. The second-order valence-corrected chi connectivity index (χ2v) is 7.22. The number of aromatic nitrogens is 3. The van der Waals surface area contributed by atoms with Crippen molar-refractivity contribution in [1.29, 1.82) is 0 Å². The van der Waals surface area contributed by atoms with Crippen molar-refractivity contribution in [2.75, 3.05) is 48.4 Å². The third kappa shape index (κ3) is 4.43. The van der Waals surface area contributed by atoms with Crippen LogP contribution < -0.4 is 19.9 Å². The number of piperazine rings is 1. The van der Waals surface area contributed by atoms with Crippen LogP contribution in [0.3, 0.4) is 0 Å². The Hall–Kier alpha value is -3.66. The summed E-state index contributed by atoms with van der Waals surface area (Å²) in [6.07, 6.45) is 3.06. The van der Waals surface area contributed by atoms with Gasteiger partial charge in [-0.05, 0) is 30.3 Å². The summed E-state index contributed by atoms with van der Waals surface area (Å²) in [5.41, 5.74) is 0.276. The highest BCUT2D eigenvalue weighted by Crippen LogP contribution is 2.37. The number of anilines is 4. The molecule has 0 aliphatic carbocycles. The van der Waals surface area contributed by atoms with Crippen LogP contribution in [0.25, 0.3) is 0 Å². The number of nitrogens with zero attached hydrogens (tertiary/aromatic N) is 6. The minimum absolute atomic E-state index is 0.0720. The molecular weight excluding hydrogens is 422 g/mol. The first-order valence-electron chi connectivity index (χ1n) is 9.57. The van der Waals surface area contributed by atoms with Crippen molar-refractivity contribution in [3.8, 4) is 5.75 Å². The number of ether oxygens (including phenoxy) is 1. The van der Waals surface area contributed by atoms with Gasteiger partial charge in [0.1, 0.15) is 17.9 Å². The molecular formula is C20H20ClN7O3. The number of methoxy groups -OCH3 is 1. The number of halogens is 1. The van der Waals surface area contributed by atoms with E-state index in [1.165, 1.54) is 13.4 Å². The molecule has 3 aromatic rings. The van der Waals surface area contributed by atoms with Crippen molar-refractivity contribution in [2.45, 2.75) is 0 Å². The lowest BCUT2D eigenvalue weighted by Crippen LogP contribution is -2.47. The van der Waals surface area contributed by atoms with Gasteiger partial charge in [0, 0.05) is 37.4 Å². The molecule has 0 unspecified atom stereocenters. The average Bonchev–Trinajstić information content (AvgIpc) is 2.80. The maximum absolute atomic E-state index is 12.0. The molecule has 1 saturated heterocycles. The Morgan fingerprint density at radius 3 is 2.55 bits per heavy atom. The Labute approximate surface area is 183 Å². The number of hydrogen-bond acceptors (Lipinski definition) is 9. The maximum atomic E-state index is 12.0. The molecule has 10 nitrogen and oxygen atoms in total. The van der Waals surface area contributed by atoms with E-state index in [0.717, 1.165) is 5.82 Å². The molecule has 1 N–H and O–H groups in total. The molecule has 1 aliphatic heterocycles. The van der Waals surface area contributed by atoms with Gasteiger partial charge in [-0.15, -0.1) is 0 Å². The number of rotatable bonds is 6. The van der Waals surface area contributed by atoms with Crippen molar-refractivity contribution in [3.63, 3.8) is 0 Å². The van der Waals surface area contributed by atoms with Crippen LogP contribution in [0.5, 0.6) is 5.75 Å². The molecule has 11 heteroatoms. The van der Waals surface area contributed by atoms with Gasteiger partial charge in [0.25, 0.3) is 0 Å². The van der Waals surface area contributed by atoms with E-state index in [-0.39, 0.29) is 17.3 Å². The van der Waals surface area contributed by atoms with Crippen LogP contribution in [0.2, 0.25) is 5.02 Å². The van der Waals surface area contributed by atoms with Gasteiger partial charge in [0.15, 0.2) is 0 Å². The van der Waals surface area contributed by atoms with Crippen molar-refractivity contribution in [3.05, 3.63) is 64.1 Å². The van der Waals surface area contributed by atoms with E-state index in [1.54, 1.807) is 24.4 Å². The van der Waals surface area contributed by atoms with Crippen LogP contribution >= 0.6 is 11.6 Å². The highest BCUT2D eigenvalue weighted by Gasteiger charge is 2.30. The molecule has 160 valence electrons. The first kappa shape index (κ1) is 20.6. The third-order valence-corrected chi connectivity index (χ3v) is 5.19. The zero-order valence-electron chi connectivity index (χ0n) is 16.7. The zero-order chi connectivity index (χ0) is 21.8. The second-order valence-electron chi connectivity index (χ2n) is 6.78. The fraction of sp³-hybridized carbons (Fsp3) is 0.250. The van der Waals surface area contributed by atoms with Crippen molar-refractivity contribution < 1.29 is 9.66 Å². The van der Waals surface area contributed by atoms with E-state index in [1.807, 2.05) is 23.1 Å². The molecule has 4 rings (SSSR count). The number of benzene rings is 1. The average molecular weight is 442 g/mol. The minimum atomic E-state index is -0.472. The summed E-state index contributed by atoms with van der Waals surface area (Å²) in [5, 5.41) is 15.4. The molecule has 2 aromatic heterocycles. The third-order valence-electron chi connectivity index (χ3n) is 4.95. The molecule has 1 aromatic carbocycles. The fourth-order valence-corrected chi connectivity index (χ4v) is 3.63. The molecule has 0 amide bonds. The normalized spacial score (nSPS) is 13.7. The van der Waals surface area contributed by atoms with Crippen LogP contribution in [-0.2, 0) is 0 Å². The maximum Gasteiger partial charge on any atom is 0.353 e. The fourth-order valence-electron chi connectivity index (χ4n) is 3.45. The van der Waals surface area contributed by atoms with E-state index in [2.05, 4.69) is 25.2 Å². The highest BCUT2D eigenvalue weighted by atomic mass is 35.5. The van der Waals surface area contributed by atoms with Crippen LogP contribution in [0.4, 0.5) is 28.8 Å². The summed E-state index contributed by atoms with van der Waals surface area (Å²) in [6, 6.07) is 10.7. The van der Waals surface area contributed by atoms with Crippen LogP contribution in [0.15, 0.2) is 48.9 Å². The van der Waals surface area contributed by atoms with E-state index >= 15 is 0 Å². The Morgan fingerprint density at radius 1 is 1.10 bits per heavy atom. The molecule has 0 bridgehead atoms. The molecule has 31 heavy (non-hydrogen) atoms. The number of hydrogen-bond donors (Lipinski definition) is 1. The lowest BCUT2D eigenvalue weighted by Gasteiger charge is -2.35. The topological polar surface area (TPSA) is 110 Å². The molecule has 0 spiro atoms. The van der Waals surface area contributed by atoms with Gasteiger partial charge in [-0.3, -0.25) is 10.1 Å². The predicted octanol–water partition coefficient (Wildman–Crippen LogP) is 3.51. The zero-order valence-corrected chi connectivity index (χ0v) is 17.5. The summed E-state index contributed by atoms with van der Waals surface area (Å²) in [7, 11) is 1.51. The number of nitro groups is 1. The number of nitrogens with one attached hydrogen (secondary N) is 1. The Balaban J connectivity index is 1.60. The Bertz CT molecular complexity index is 1080. The first-order valence-corrected chi connectivity index (χ1v) is 9.95. The molecule has 1 aliphatic rings. The minimum Gasteiger partial charge on any atom is -0.495 e. The molecule has 3 heterocycles. The lowest BCUT2D eigenvalue weighted by atomic mass is 10.2. The van der Waals surface area contributed by atoms with E-state index in [0.29, 0.717) is 42.6 Å². The van der Waals surface area contributed by atoms with Gasteiger partial charge in [0.2, 0.25) is 11.6 Å². The van der Waals surface area contributed by atoms with E-state index in [9.17, 15) is 10.1 Å². The van der Waals surface area contributed by atoms with Gasteiger partial charge in [-0.2, -0.15) is 0 Å². The molecule has 0 radical (unpaired) electrons. The Kier molecular flexibility index (Phi) is 5.99. The molecule has 0 saturated carbocycles. The SMILES string of the molecule is COc1ccc(Cl)cc1Nc1ncnc(N2CCN(c3ccccn3)CC2)c1[N+](=O)[O-]. The summed E-state index contributed by atoms with van der Waals surface area (Å²) in [4.78, 5) is 28.2. The highest BCUT2D eigenvalue weighted by molar-refractivity contribution is 6.31. The van der Waals surface area contributed by atoms with Crippen molar-refractivity contribution in [1.82, 2.24) is 15.0 Å².